The molecule has 0 fully saturated rings. The number of hydrogen-bond donors (Lipinski definition) is 1. The Hall–Kier alpha value is -2.67. The number of aromatic nitrogens is 3. The summed E-state index contributed by atoms with van der Waals surface area (Å²) in [6.45, 7) is 2.89. The Morgan fingerprint density at radius 3 is 2.91 bits per heavy atom. The van der Waals surface area contributed by atoms with Gasteiger partial charge in [0.1, 0.15) is 6.54 Å². The van der Waals surface area contributed by atoms with Gasteiger partial charge in [0, 0.05) is 30.8 Å². The second-order valence-electron chi connectivity index (χ2n) is 5.29. The number of rotatable bonds is 5. The van der Waals surface area contributed by atoms with Crippen LogP contribution in [0.4, 0.5) is 0 Å². The molecule has 0 aliphatic rings. The van der Waals surface area contributed by atoms with Gasteiger partial charge in [-0.2, -0.15) is 4.98 Å². The first kappa shape index (κ1) is 15.2. The summed E-state index contributed by atoms with van der Waals surface area (Å²) < 4.78 is 8.56. The molecule has 3 rings (SSSR count). The first-order chi connectivity index (χ1) is 11.1. The van der Waals surface area contributed by atoms with Crippen molar-refractivity contribution < 1.29 is 9.53 Å². The van der Waals surface area contributed by atoms with E-state index < -0.39 is 0 Å². The van der Waals surface area contributed by atoms with Crippen molar-refractivity contribution in [3.63, 3.8) is 0 Å². The van der Waals surface area contributed by atoms with Crippen LogP contribution in [0.15, 0.2) is 35.1 Å². The van der Waals surface area contributed by atoms with Crippen LogP contribution in [-0.2, 0) is 16.1 Å². The zero-order valence-electron chi connectivity index (χ0n) is 13.1. The highest BCUT2D eigenvalue weighted by molar-refractivity contribution is 5.93. The van der Waals surface area contributed by atoms with Gasteiger partial charge in [-0.1, -0.05) is 12.1 Å². The Bertz CT molecular complexity index is 926. The van der Waals surface area contributed by atoms with Crippen LogP contribution >= 0.6 is 0 Å². The average molecular weight is 314 g/mol. The summed E-state index contributed by atoms with van der Waals surface area (Å²) in [5, 5.41) is 3.65. The quantitative estimate of drug-likeness (QED) is 0.704. The highest BCUT2D eigenvalue weighted by atomic mass is 16.5. The highest BCUT2D eigenvalue weighted by Crippen LogP contribution is 2.21. The zero-order chi connectivity index (χ0) is 16.4. The molecule has 2 aromatic heterocycles. The van der Waals surface area contributed by atoms with Gasteiger partial charge in [0.2, 0.25) is 5.91 Å². The minimum absolute atomic E-state index is 0.122. The number of carbonyl (C=O) groups is 1. The molecule has 7 nitrogen and oxygen atoms in total. The lowest BCUT2D eigenvalue weighted by Crippen LogP contribution is -2.31. The molecule has 0 bridgehead atoms. The average Bonchev–Trinajstić information content (AvgIpc) is 2.82. The molecular weight excluding hydrogens is 296 g/mol. The largest absolute Gasteiger partial charge is 0.383 e. The SMILES string of the molecule is COCCNC(=O)Cn1c2ccccc2c2nc(=O)cc(C)n21. The summed E-state index contributed by atoms with van der Waals surface area (Å²) in [6, 6.07) is 9.06. The van der Waals surface area contributed by atoms with E-state index in [-0.39, 0.29) is 18.0 Å². The molecule has 0 aliphatic carbocycles. The third-order valence-electron chi connectivity index (χ3n) is 3.67. The summed E-state index contributed by atoms with van der Waals surface area (Å²) in [5.74, 6) is -0.122. The van der Waals surface area contributed by atoms with E-state index in [1.54, 1.807) is 7.11 Å². The fourth-order valence-corrected chi connectivity index (χ4v) is 2.71. The number of aryl methyl sites for hydroxylation is 1. The summed E-state index contributed by atoms with van der Waals surface area (Å²) in [7, 11) is 1.59. The van der Waals surface area contributed by atoms with Crippen LogP contribution in [0, 0.1) is 6.92 Å². The molecule has 0 radical (unpaired) electrons. The van der Waals surface area contributed by atoms with Gasteiger partial charge in [0.25, 0.3) is 5.56 Å². The lowest BCUT2D eigenvalue weighted by atomic mass is 10.2. The Morgan fingerprint density at radius 2 is 2.13 bits per heavy atom. The maximum Gasteiger partial charge on any atom is 0.273 e. The third kappa shape index (κ3) is 2.83. The Morgan fingerprint density at radius 1 is 1.35 bits per heavy atom. The van der Waals surface area contributed by atoms with Crippen LogP contribution in [0.5, 0.6) is 0 Å². The van der Waals surface area contributed by atoms with E-state index in [4.69, 9.17) is 4.74 Å². The van der Waals surface area contributed by atoms with Crippen molar-refractivity contribution in [3.05, 3.63) is 46.4 Å². The molecule has 0 saturated heterocycles. The highest BCUT2D eigenvalue weighted by Gasteiger charge is 2.15. The Balaban J connectivity index is 2.10. The molecule has 1 N–H and O–H groups in total. The number of nitrogens with zero attached hydrogens (tertiary/aromatic N) is 3. The number of amides is 1. The number of hydrogen-bond acceptors (Lipinski definition) is 4. The summed E-state index contributed by atoms with van der Waals surface area (Å²) in [5.41, 5.74) is 1.88. The van der Waals surface area contributed by atoms with E-state index in [0.717, 1.165) is 16.6 Å². The van der Waals surface area contributed by atoms with Crippen LogP contribution in [0.2, 0.25) is 0 Å². The van der Waals surface area contributed by atoms with Crippen molar-refractivity contribution in [3.8, 4) is 0 Å². The fraction of sp³-hybridized carbons (Fsp3) is 0.312. The summed E-state index contributed by atoms with van der Waals surface area (Å²) in [6.07, 6.45) is 0. The number of nitrogens with one attached hydrogen (secondary N) is 1. The van der Waals surface area contributed by atoms with Crippen molar-refractivity contribution in [1.29, 1.82) is 0 Å². The normalized spacial score (nSPS) is 11.2. The lowest BCUT2D eigenvalue weighted by molar-refractivity contribution is -0.122. The molecule has 0 saturated carbocycles. The van der Waals surface area contributed by atoms with Crippen LogP contribution in [0.3, 0.4) is 0 Å². The molecule has 1 amide bonds. The van der Waals surface area contributed by atoms with Gasteiger partial charge < -0.3 is 10.1 Å². The minimum atomic E-state index is -0.282. The minimum Gasteiger partial charge on any atom is -0.383 e. The fourth-order valence-electron chi connectivity index (χ4n) is 2.71. The molecule has 120 valence electrons. The van der Waals surface area contributed by atoms with Crippen LogP contribution in [0.1, 0.15) is 5.69 Å². The van der Waals surface area contributed by atoms with E-state index in [1.165, 1.54) is 6.07 Å². The van der Waals surface area contributed by atoms with Gasteiger partial charge in [-0.15, -0.1) is 0 Å². The molecule has 1 aromatic carbocycles. The first-order valence-electron chi connectivity index (χ1n) is 7.35. The number of methoxy groups -OCH3 is 1. The first-order valence-corrected chi connectivity index (χ1v) is 7.35. The van der Waals surface area contributed by atoms with Gasteiger partial charge in [-0.3, -0.25) is 14.3 Å². The number of benzene rings is 1. The molecule has 2 heterocycles. The predicted molar refractivity (Wildman–Crippen MR) is 86.6 cm³/mol. The lowest BCUT2D eigenvalue weighted by Gasteiger charge is -2.10. The van der Waals surface area contributed by atoms with Gasteiger partial charge in [0.05, 0.1) is 12.1 Å². The standard InChI is InChI=1S/C16H18N4O3/c1-11-9-14(21)18-16-12-5-3-4-6-13(12)19(20(11)16)10-15(22)17-7-8-23-2/h3-6,9H,7-8,10H2,1-2H3,(H,17,22). The third-order valence-corrected chi connectivity index (χ3v) is 3.67. The topological polar surface area (TPSA) is 77.6 Å². The molecular formula is C16H18N4O3. The van der Waals surface area contributed by atoms with Crippen molar-refractivity contribution in [2.24, 2.45) is 0 Å². The summed E-state index contributed by atoms with van der Waals surface area (Å²) in [4.78, 5) is 28.0. The predicted octanol–water partition coefficient (Wildman–Crippen LogP) is 0.720. The second kappa shape index (κ2) is 6.21. The van der Waals surface area contributed by atoms with E-state index in [9.17, 15) is 9.59 Å². The number of fused-ring (bicyclic) bond motifs is 3. The van der Waals surface area contributed by atoms with E-state index in [2.05, 4.69) is 10.3 Å². The van der Waals surface area contributed by atoms with Gasteiger partial charge in [-0.05, 0) is 19.1 Å². The summed E-state index contributed by atoms with van der Waals surface area (Å²) >= 11 is 0. The molecule has 7 heteroatoms. The van der Waals surface area contributed by atoms with Crippen molar-refractivity contribution in [1.82, 2.24) is 19.5 Å². The number of para-hydroxylation sites is 1. The molecule has 0 unspecified atom stereocenters. The van der Waals surface area contributed by atoms with Gasteiger partial charge >= 0.3 is 0 Å². The molecule has 0 aliphatic heterocycles. The van der Waals surface area contributed by atoms with Crippen LogP contribution in [-0.4, -0.2) is 40.3 Å². The zero-order valence-corrected chi connectivity index (χ0v) is 13.1. The number of ether oxygens (including phenoxy) is 1. The van der Waals surface area contributed by atoms with E-state index in [0.29, 0.717) is 18.8 Å². The maximum atomic E-state index is 12.2. The maximum absolute atomic E-state index is 12.2. The molecule has 3 aromatic rings. The monoisotopic (exact) mass is 314 g/mol. The van der Waals surface area contributed by atoms with Crippen molar-refractivity contribution >= 4 is 22.5 Å². The smallest absolute Gasteiger partial charge is 0.273 e. The molecule has 0 atom stereocenters. The molecule has 0 spiro atoms. The van der Waals surface area contributed by atoms with Crippen molar-refractivity contribution in [2.75, 3.05) is 20.3 Å². The van der Waals surface area contributed by atoms with Gasteiger partial charge in [0.15, 0.2) is 5.65 Å². The Kier molecular flexibility index (Phi) is 4.12. The van der Waals surface area contributed by atoms with Crippen LogP contribution in [0.25, 0.3) is 16.6 Å². The second-order valence-corrected chi connectivity index (χ2v) is 5.29. The Labute approximate surface area is 132 Å². The molecule has 23 heavy (non-hydrogen) atoms. The van der Waals surface area contributed by atoms with Gasteiger partial charge in [-0.25, -0.2) is 4.52 Å². The van der Waals surface area contributed by atoms with E-state index in [1.807, 2.05) is 40.4 Å². The van der Waals surface area contributed by atoms with E-state index >= 15 is 0 Å². The van der Waals surface area contributed by atoms with Crippen molar-refractivity contribution in [2.45, 2.75) is 13.5 Å². The van der Waals surface area contributed by atoms with Crippen LogP contribution < -0.4 is 10.9 Å². The number of carbonyl (C=O) groups excluding carboxylic acids is 1.